The maximum absolute atomic E-state index is 13.3. The third-order valence-corrected chi connectivity index (χ3v) is 6.40. The summed E-state index contributed by atoms with van der Waals surface area (Å²) >= 11 is 0. The van der Waals surface area contributed by atoms with Gasteiger partial charge in [-0.25, -0.2) is 4.99 Å². The van der Waals surface area contributed by atoms with Gasteiger partial charge < -0.3 is 9.80 Å². The molecule has 0 saturated carbocycles. The van der Waals surface area contributed by atoms with Gasteiger partial charge in [0.1, 0.15) is 5.54 Å². The molecule has 1 fully saturated rings. The first-order chi connectivity index (χ1) is 14.9. The highest BCUT2D eigenvalue weighted by atomic mass is 16.2. The minimum Gasteiger partial charge on any atom is -0.349 e. The molecule has 1 atom stereocenters. The molecule has 4 rings (SSSR count). The van der Waals surface area contributed by atoms with E-state index < -0.39 is 5.54 Å². The number of nitrogens with zero attached hydrogens (tertiary/aromatic N) is 3. The minimum absolute atomic E-state index is 0.0123. The van der Waals surface area contributed by atoms with Gasteiger partial charge in [-0.05, 0) is 30.9 Å². The summed E-state index contributed by atoms with van der Waals surface area (Å²) < 4.78 is 0. The van der Waals surface area contributed by atoms with Gasteiger partial charge in [-0.15, -0.1) is 0 Å². The van der Waals surface area contributed by atoms with Crippen molar-refractivity contribution in [3.63, 3.8) is 0 Å². The average molecular weight is 419 g/mol. The van der Waals surface area contributed by atoms with Crippen molar-refractivity contribution >= 4 is 17.8 Å². The van der Waals surface area contributed by atoms with Gasteiger partial charge in [0.05, 0.1) is 0 Å². The molecule has 2 aromatic rings. The summed E-state index contributed by atoms with van der Waals surface area (Å²) in [5.74, 6) is 0.691. The Morgan fingerprint density at radius 3 is 2.26 bits per heavy atom. The molecule has 6 nitrogen and oxygen atoms in total. The maximum atomic E-state index is 13.3. The molecular weight excluding hydrogens is 388 g/mol. The van der Waals surface area contributed by atoms with Gasteiger partial charge >= 0.3 is 0 Å². The quantitative estimate of drug-likeness (QED) is 0.830. The number of hydrogen-bond acceptors (Lipinski definition) is 4. The molecule has 2 aliphatic heterocycles. The van der Waals surface area contributed by atoms with E-state index in [4.69, 9.17) is 0 Å². The van der Waals surface area contributed by atoms with E-state index >= 15 is 0 Å². The topological polar surface area (TPSA) is 65.0 Å². The third kappa shape index (κ3) is 4.33. The number of amides is 2. The summed E-state index contributed by atoms with van der Waals surface area (Å²) in [6.07, 6.45) is 1.53. The fourth-order valence-corrected chi connectivity index (χ4v) is 4.39. The predicted octanol–water partition coefficient (Wildman–Crippen LogP) is 2.93. The molecule has 2 heterocycles. The van der Waals surface area contributed by atoms with Crippen molar-refractivity contribution in [3.05, 3.63) is 71.3 Å². The molecule has 2 aromatic carbocycles. The SMILES string of the molecule is Cc1ccc(C(CC(=O)N2CCC3(CC2)N=C(N(C)C)NC3=O)c2ccccc2)cc1. The van der Waals surface area contributed by atoms with Gasteiger partial charge in [0.25, 0.3) is 5.91 Å². The Balaban J connectivity index is 1.48. The van der Waals surface area contributed by atoms with Crippen molar-refractivity contribution in [2.24, 2.45) is 4.99 Å². The van der Waals surface area contributed by atoms with E-state index in [-0.39, 0.29) is 17.7 Å². The number of nitrogens with one attached hydrogen (secondary N) is 1. The minimum atomic E-state index is -0.730. The second-order valence-electron chi connectivity index (χ2n) is 8.77. The Morgan fingerprint density at radius 1 is 1.06 bits per heavy atom. The van der Waals surface area contributed by atoms with Crippen molar-refractivity contribution in [1.82, 2.24) is 15.1 Å². The van der Waals surface area contributed by atoms with E-state index in [0.717, 1.165) is 11.1 Å². The lowest BCUT2D eigenvalue weighted by molar-refractivity contribution is -0.135. The maximum Gasteiger partial charge on any atom is 0.254 e. The zero-order valence-corrected chi connectivity index (χ0v) is 18.5. The Hall–Kier alpha value is -3.15. The summed E-state index contributed by atoms with van der Waals surface area (Å²) in [6, 6.07) is 18.6. The van der Waals surface area contributed by atoms with Crippen LogP contribution in [0.3, 0.4) is 0 Å². The summed E-state index contributed by atoms with van der Waals surface area (Å²) in [6.45, 7) is 3.16. The van der Waals surface area contributed by atoms with E-state index in [9.17, 15) is 9.59 Å². The third-order valence-electron chi connectivity index (χ3n) is 6.40. The smallest absolute Gasteiger partial charge is 0.254 e. The number of likely N-dealkylation sites (tertiary alicyclic amines) is 1. The summed E-state index contributed by atoms with van der Waals surface area (Å²) in [4.78, 5) is 34.2. The monoisotopic (exact) mass is 418 g/mol. The van der Waals surface area contributed by atoms with Crippen LogP contribution in [0.4, 0.5) is 0 Å². The normalized spacial score (nSPS) is 18.5. The Kier molecular flexibility index (Phi) is 5.81. The number of aryl methyl sites for hydroxylation is 1. The highest BCUT2D eigenvalue weighted by molar-refractivity contribution is 6.07. The standard InChI is InChI=1S/C25H30N4O2/c1-18-9-11-20(12-10-18)21(19-7-5-4-6-8-19)17-22(30)29-15-13-25(14-16-29)23(31)26-24(27-25)28(2)3/h4-12,21H,13-17H2,1-3H3,(H,26,27,31). The van der Waals surface area contributed by atoms with Crippen LogP contribution in [0.1, 0.15) is 41.9 Å². The molecule has 0 radical (unpaired) electrons. The fraction of sp³-hybridized carbons (Fsp3) is 0.400. The van der Waals surface area contributed by atoms with Gasteiger partial charge in [0, 0.05) is 39.5 Å². The number of aliphatic imine (C=N–C) groups is 1. The van der Waals surface area contributed by atoms with Gasteiger partial charge in [0.2, 0.25) is 11.9 Å². The van der Waals surface area contributed by atoms with Crippen LogP contribution in [0.15, 0.2) is 59.6 Å². The number of hydrogen-bond donors (Lipinski definition) is 1. The predicted molar refractivity (Wildman–Crippen MR) is 122 cm³/mol. The van der Waals surface area contributed by atoms with Crippen LogP contribution in [0.25, 0.3) is 0 Å². The fourth-order valence-electron chi connectivity index (χ4n) is 4.39. The first kappa shape index (κ1) is 21.1. The van der Waals surface area contributed by atoms with Crippen LogP contribution in [0.5, 0.6) is 0 Å². The molecule has 1 spiro atoms. The Labute approximate surface area is 184 Å². The molecule has 2 aliphatic rings. The number of carbonyl (C=O) groups is 2. The van der Waals surface area contributed by atoms with Crippen LogP contribution in [-0.2, 0) is 9.59 Å². The van der Waals surface area contributed by atoms with Gasteiger partial charge in [-0.3, -0.25) is 14.9 Å². The summed E-state index contributed by atoms with van der Waals surface area (Å²) in [5.41, 5.74) is 2.76. The van der Waals surface area contributed by atoms with Crippen LogP contribution in [0.2, 0.25) is 0 Å². The van der Waals surface area contributed by atoms with E-state index in [2.05, 4.69) is 53.6 Å². The van der Waals surface area contributed by atoms with Crippen molar-refractivity contribution in [3.8, 4) is 0 Å². The number of benzene rings is 2. The molecule has 0 aliphatic carbocycles. The molecular formula is C25H30N4O2. The van der Waals surface area contributed by atoms with E-state index in [0.29, 0.717) is 38.3 Å². The molecule has 1 unspecified atom stereocenters. The number of piperidine rings is 1. The van der Waals surface area contributed by atoms with Crippen LogP contribution >= 0.6 is 0 Å². The zero-order valence-electron chi connectivity index (χ0n) is 18.5. The molecule has 0 aromatic heterocycles. The number of rotatable bonds is 4. The zero-order chi connectivity index (χ0) is 22.0. The molecule has 2 amide bonds. The number of carbonyl (C=O) groups excluding carboxylic acids is 2. The molecule has 31 heavy (non-hydrogen) atoms. The van der Waals surface area contributed by atoms with Gasteiger partial charge in [-0.2, -0.15) is 0 Å². The van der Waals surface area contributed by atoms with Crippen LogP contribution in [-0.4, -0.2) is 60.3 Å². The molecule has 1 N–H and O–H groups in total. The lowest BCUT2D eigenvalue weighted by Gasteiger charge is -2.36. The first-order valence-electron chi connectivity index (χ1n) is 10.9. The van der Waals surface area contributed by atoms with E-state index in [1.165, 1.54) is 5.56 Å². The second-order valence-corrected chi connectivity index (χ2v) is 8.77. The van der Waals surface area contributed by atoms with Gasteiger partial charge in [-0.1, -0.05) is 60.2 Å². The highest BCUT2D eigenvalue weighted by Crippen LogP contribution is 2.33. The van der Waals surface area contributed by atoms with Crippen molar-refractivity contribution in [2.75, 3.05) is 27.2 Å². The lowest BCUT2D eigenvalue weighted by Crippen LogP contribution is -2.50. The first-order valence-corrected chi connectivity index (χ1v) is 10.9. The molecule has 162 valence electrons. The van der Waals surface area contributed by atoms with Gasteiger partial charge in [0.15, 0.2) is 0 Å². The van der Waals surface area contributed by atoms with Crippen LogP contribution in [0, 0.1) is 6.92 Å². The van der Waals surface area contributed by atoms with Crippen LogP contribution < -0.4 is 5.32 Å². The average Bonchev–Trinajstić information content (AvgIpc) is 3.10. The largest absolute Gasteiger partial charge is 0.349 e. The highest BCUT2D eigenvalue weighted by Gasteiger charge is 2.46. The lowest BCUT2D eigenvalue weighted by atomic mass is 9.85. The summed E-state index contributed by atoms with van der Waals surface area (Å²) in [5, 5.41) is 2.87. The second kappa shape index (κ2) is 8.53. The van der Waals surface area contributed by atoms with Crippen molar-refractivity contribution in [2.45, 2.75) is 37.6 Å². The molecule has 6 heteroatoms. The summed E-state index contributed by atoms with van der Waals surface area (Å²) in [7, 11) is 3.73. The number of guanidine groups is 1. The Bertz CT molecular complexity index is 974. The molecule has 0 bridgehead atoms. The Morgan fingerprint density at radius 2 is 1.68 bits per heavy atom. The van der Waals surface area contributed by atoms with E-state index in [1.807, 2.05) is 42.1 Å². The van der Waals surface area contributed by atoms with Crippen molar-refractivity contribution in [1.29, 1.82) is 0 Å². The molecule has 1 saturated heterocycles. The van der Waals surface area contributed by atoms with E-state index in [1.54, 1.807) is 0 Å². The van der Waals surface area contributed by atoms with Crippen molar-refractivity contribution < 1.29 is 9.59 Å².